The predicted molar refractivity (Wildman–Crippen MR) is 122 cm³/mol. The number of carboxylic acids is 1. The number of aromatic nitrogens is 1. The van der Waals surface area contributed by atoms with E-state index in [4.69, 9.17) is 14.8 Å². The molecule has 2 N–H and O–H groups in total. The minimum absolute atomic E-state index is 0.172. The molecule has 32 heavy (non-hydrogen) atoms. The number of hydrogen-bond acceptors (Lipinski definition) is 4. The lowest BCUT2D eigenvalue weighted by atomic mass is 9.92. The first-order valence-electron chi connectivity index (χ1n) is 10.8. The smallest absolute Gasteiger partial charge is 0.305 e. The summed E-state index contributed by atoms with van der Waals surface area (Å²) < 4.78 is 18.8. The van der Waals surface area contributed by atoms with Crippen LogP contribution in [0.25, 0.3) is 28.1 Å². The fourth-order valence-corrected chi connectivity index (χ4v) is 4.02. The van der Waals surface area contributed by atoms with Gasteiger partial charge in [0.15, 0.2) is 0 Å². The molecule has 0 saturated heterocycles. The molecule has 0 aliphatic heterocycles. The standard InChI is InChI=1S/C26H26FNO4/c1-32-20(15-24(30)31)14-19(29)12-13-22-25(16-8-10-18(27)11-9-16)21-4-2-3-5-23(21)28-26(22)17-6-7-17/h2-5,8-13,17,19-20,29H,6-7,14-15H2,1H3,(H,30,31)/b13-12+. The van der Waals surface area contributed by atoms with Crippen LogP contribution in [0.4, 0.5) is 4.39 Å². The van der Waals surface area contributed by atoms with Crippen molar-refractivity contribution in [3.05, 3.63) is 71.7 Å². The van der Waals surface area contributed by atoms with E-state index in [2.05, 4.69) is 0 Å². The summed E-state index contributed by atoms with van der Waals surface area (Å²) in [7, 11) is 1.44. The molecular weight excluding hydrogens is 409 g/mol. The third kappa shape index (κ3) is 5.03. The van der Waals surface area contributed by atoms with Gasteiger partial charge in [-0.25, -0.2) is 4.39 Å². The largest absolute Gasteiger partial charge is 0.481 e. The lowest BCUT2D eigenvalue weighted by Crippen LogP contribution is -2.21. The summed E-state index contributed by atoms with van der Waals surface area (Å²) in [6.07, 6.45) is 4.19. The number of benzene rings is 2. The van der Waals surface area contributed by atoms with Crippen LogP contribution in [-0.2, 0) is 9.53 Å². The van der Waals surface area contributed by atoms with Gasteiger partial charge in [-0.3, -0.25) is 9.78 Å². The highest BCUT2D eigenvalue weighted by molar-refractivity contribution is 5.99. The van der Waals surface area contributed by atoms with Crippen molar-refractivity contribution in [3.63, 3.8) is 0 Å². The monoisotopic (exact) mass is 435 g/mol. The number of fused-ring (bicyclic) bond motifs is 1. The summed E-state index contributed by atoms with van der Waals surface area (Å²) in [6, 6.07) is 14.3. The zero-order valence-electron chi connectivity index (χ0n) is 17.9. The zero-order valence-corrected chi connectivity index (χ0v) is 17.9. The van der Waals surface area contributed by atoms with Crippen LogP contribution in [0.15, 0.2) is 54.6 Å². The van der Waals surface area contributed by atoms with Crippen LogP contribution in [0.2, 0.25) is 0 Å². The van der Waals surface area contributed by atoms with Crippen molar-refractivity contribution in [2.75, 3.05) is 7.11 Å². The second-order valence-electron chi connectivity index (χ2n) is 8.20. The molecule has 166 valence electrons. The first-order chi connectivity index (χ1) is 15.5. The molecule has 0 radical (unpaired) electrons. The van der Waals surface area contributed by atoms with E-state index in [1.54, 1.807) is 18.2 Å². The second kappa shape index (κ2) is 9.59. The van der Waals surface area contributed by atoms with Gasteiger partial charge in [0.05, 0.1) is 29.8 Å². The Kier molecular flexibility index (Phi) is 6.63. The molecule has 1 aliphatic rings. The highest BCUT2D eigenvalue weighted by Gasteiger charge is 2.29. The summed E-state index contributed by atoms with van der Waals surface area (Å²) in [5, 5.41) is 20.5. The number of ether oxygens (including phenoxy) is 1. The van der Waals surface area contributed by atoms with E-state index in [1.807, 2.05) is 30.3 Å². The number of aliphatic hydroxyl groups excluding tert-OH is 1. The molecule has 0 bridgehead atoms. The van der Waals surface area contributed by atoms with Crippen molar-refractivity contribution in [2.24, 2.45) is 0 Å². The SMILES string of the molecule is COC(CC(=O)O)CC(O)/C=C/c1c(C2CC2)nc2ccccc2c1-c1ccc(F)cc1. The number of halogens is 1. The molecule has 1 aliphatic carbocycles. The van der Waals surface area contributed by atoms with Crippen molar-refractivity contribution >= 4 is 22.9 Å². The van der Waals surface area contributed by atoms with Crippen molar-refractivity contribution in [1.29, 1.82) is 0 Å². The maximum atomic E-state index is 13.6. The van der Waals surface area contributed by atoms with Gasteiger partial charge >= 0.3 is 5.97 Å². The first kappa shape index (κ1) is 22.1. The zero-order chi connectivity index (χ0) is 22.7. The Morgan fingerprint density at radius 2 is 1.94 bits per heavy atom. The molecule has 1 heterocycles. The van der Waals surface area contributed by atoms with Crippen LogP contribution in [0.3, 0.4) is 0 Å². The minimum atomic E-state index is -0.971. The average Bonchev–Trinajstić information content (AvgIpc) is 3.62. The van der Waals surface area contributed by atoms with E-state index in [0.29, 0.717) is 5.92 Å². The minimum Gasteiger partial charge on any atom is -0.481 e. The van der Waals surface area contributed by atoms with Gasteiger partial charge < -0.3 is 14.9 Å². The maximum absolute atomic E-state index is 13.6. The Labute approximate surface area is 186 Å². The molecule has 0 amide bonds. The number of carboxylic acid groups (broad SMARTS) is 1. The van der Waals surface area contributed by atoms with E-state index in [-0.39, 0.29) is 18.7 Å². The van der Waals surface area contributed by atoms with Gasteiger partial charge in [0.25, 0.3) is 0 Å². The fraction of sp³-hybridized carbons (Fsp3) is 0.308. The molecule has 2 unspecified atom stereocenters. The Morgan fingerprint density at radius 1 is 1.22 bits per heavy atom. The highest BCUT2D eigenvalue weighted by Crippen LogP contribution is 2.45. The number of para-hydroxylation sites is 1. The summed E-state index contributed by atoms with van der Waals surface area (Å²) >= 11 is 0. The van der Waals surface area contributed by atoms with Gasteiger partial charge in [0, 0.05) is 36.0 Å². The maximum Gasteiger partial charge on any atom is 0.305 e. The lowest BCUT2D eigenvalue weighted by molar-refractivity contribution is -0.140. The fourth-order valence-electron chi connectivity index (χ4n) is 4.02. The third-order valence-electron chi connectivity index (χ3n) is 5.78. The highest BCUT2D eigenvalue weighted by atomic mass is 19.1. The molecule has 2 aromatic carbocycles. The molecule has 5 nitrogen and oxygen atoms in total. The van der Waals surface area contributed by atoms with Crippen molar-refractivity contribution < 1.29 is 24.1 Å². The van der Waals surface area contributed by atoms with E-state index in [0.717, 1.165) is 46.1 Å². The van der Waals surface area contributed by atoms with Crippen LogP contribution in [0, 0.1) is 5.82 Å². The summed E-state index contributed by atoms with van der Waals surface area (Å²) in [5.74, 6) is -0.915. The Hall–Kier alpha value is -3.09. The van der Waals surface area contributed by atoms with Crippen LogP contribution >= 0.6 is 0 Å². The van der Waals surface area contributed by atoms with Crippen LogP contribution < -0.4 is 0 Å². The Morgan fingerprint density at radius 3 is 2.59 bits per heavy atom. The number of rotatable bonds is 9. The van der Waals surface area contributed by atoms with E-state index < -0.39 is 18.2 Å². The molecular formula is C26H26FNO4. The molecule has 6 heteroatoms. The number of methoxy groups -OCH3 is 1. The summed E-state index contributed by atoms with van der Waals surface area (Å²) in [4.78, 5) is 15.9. The lowest BCUT2D eigenvalue weighted by Gasteiger charge is -2.17. The van der Waals surface area contributed by atoms with E-state index in [9.17, 15) is 14.3 Å². The van der Waals surface area contributed by atoms with Gasteiger partial charge in [-0.2, -0.15) is 0 Å². The topological polar surface area (TPSA) is 79.7 Å². The van der Waals surface area contributed by atoms with E-state index >= 15 is 0 Å². The van der Waals surface area contributed by atoms with Gasteiger partial charge in [-0.1, -0.05) is 42.5 Å². The van der Waals surface area contributed by atoms with Gasteiger partial charge in [-0.05, 0) is 36.6 Å². The van der Waals surface area contributed by atoms with Crippen molar-refractivity contribution in [2.45, 2.75) is 43.8 Å². The first-order valence-corrected chi connectivity index (χ1v) is 10.8. The predicted octanol–water partition coefficient (Wildman–Crippen LogP) is 5.17. The van der Waals surface area contributed by atoms with E-state index in [1.165, 1.54) is 19.2 Å². The van der Waals surface area contributed by atoms with Gasteiger partial charge in [-0.15, -0.1) is 0 Å². The van der Waals surface area contributed by atoms with Gasteiger partial charge in [0.2, 0.25) is 0 Å². The average molecular weight is 435 g/mol. The van der Waals surface area contributed by atoms with Crippen molar-refractivity contribution in [3.8, 4) is 11.1 Å². The molecule has 2 atom stereocenters. The Balaban J connectivity index is 1.78. The molecule has 4 rings (SSSR count). The molecule has 0 spiro atoms. The molecule has 1 fully saturated rings. The van der Waals surface area contributed by atoms with Crippen molar-refractivity contribution in [1.82, 2.24) is 4.98 Å². The number of aliphatic carboxylic acids is 1. The second-order valence-corrected chi connectivity index (χ2v) is 8.20. The molecule has 1 saturated carbocycles. The molecule has 3 aromatic rings. The normalized spacial score (nSPS) is 15.8. The van der Waals surface area contributed by atoms with Crippen LogP contribution in [0.5, 0.6) is 0 Å². The van der Waals surface area contributed by atoms with Gasteiger partial charge in [0.1, 0.15) is 5.82 Å². The quantitative estimate of drug-likeness (QED) is 0.485. The molecule has 1 aromatic heterocycles. The number of carbonyl (C=O) groups is 1. The Bertz CT molecular complexity index is 1140. The third-order valence-corrected chi connectivity index (χ3v) is 5.78. The number of nitrogens with zero attached hydrogens (tertiary/aromatic N) is 1. The summed E-state index contributed by atoms with van der Waals surface area (Å²) in [5.41, 5.74) is 4.59. The number of hydrogen-bond donors (Lipinski definition) is 2. The van der Waals surface area contributed by atoms with Crippen LogP contribution in [0.1, 0.15) is 42.9 Å². The number of pyridine rings is 1. The summed E-state index contributed by atoms with van der Waals surface area (Å²) in [6.45, 7) is 0. The number of aliphatic hydroxyl groups is 1. The van der Waals surface area contributed by atoms with Crippen LogP contribution in [-0.4, -0.2) is 40.5 Å².